The number of rotatable bonds is 4. The molecule has 0 radical (unpaired) electrons. The summed E-state index contributed by atoms with van der Waals surface area (Å²) in [6.07, 6.45) is 0. The Morgan fingerprint density at radius 3 is 2.36 bits per heavy atom. The second-order valence-corrected chi connectivity index (χ2v) is 5.97. The van der Waals surface area contributed by atoms with Crippen LogP contribution in [0.5, 0.6) is 11.5 Å². The van der Waals surface area contributed by atoms with Gasteiger partial charge in [-0.15, -0.1) is 0 Å². The fourth-order valence-electron chi connectivity index (χ4n) is 2.55. The Morgan fingerprint density at radius 1 is 0.960 bits per heavy atom. The number of amides is 2. The van der Waals surface area contributed by atoms with E-state index in [9.17, 15) is 9.59 Å². The minimum Gasteiger partial charge on any atom is -0.497 e. The number of nitrogens with zero attached hydrogens (tertiary/aromatic N) is 1. The molecule has 0 spiro atoms. The normalized spacial score (nSPS) is 14.3. The summed E-state index contributed by atoms with van der Waals surface area (Å²) in [6, 6.07) is 12.1. The van der Waals surface area contributed by atoms with Crippen LogP contribution in [-0.2, 0) is 9.59 Å². The summed E-state index contributed by atoms with van der Waals surface area (Å²) in [6.45, 7) is 3.76. The molecule has 0 saturated carbocycles. The Balaban J connectivity index is 1.95. The molecule has 6 heteroatoms. The SMILES string of the molecule is COc1cccc(OC2=C(Cl)C(=O)N(c3cccc(C)c3C)C2=O)c1. The van der Waals surface area contributed by atoms with Gasteiger partial charge in [-0.3, -0.25) is 9.59 Å². The van der Waals surface area contributed by atoms with E-state index in [2.05, 4.69) is 0 Å². The number of imide groups is 1. The highest BCUT2D eigenvalue weighted by atomic mass is 35.5. The monoisotopic (exact) mass is 357 g/mol. The van der Waals surface area contributed by atoms with E-state index >= 15 is 0 Å². The Bertz CT molecular complexity index is 904. The lowest BCUT2D eigenvalue weighted by molar-refractivity contribution is -0.121. The number of halogens is 1. The van der Waals surface area contributed by atoms with Crippen LogP contribution in [0.3, 0.4) is 0 Å². The quantitative estimate of drug-likeness (QED) is 0.783. The third kappa shape index (κ3) is 2.98. The van der Waals surface area contributed by atoms with E-state index in [1.165, 1.54) is 7.11 Å². The summed E-state index contributed by atoms with van der Waals surface area (Å²) < 4.78 is 10.7. The average Bonchev–Trinajstić information content (AvgIpc) is 2.81. The minimum atomic E-state index is -0.599. The first-order valence-corrected chi connectivity index (χ1v) is 7.98. The predicted octanol–water partition coefficient (Wildman–Crippen LogP) is 3.71. The second kappa shape index (κ2) is 6.61. The van der Waals surface area contributed by atoms with Gasteiger partial charge in [-0.25, -0.2) is 4.90 Å². The van der Waals surface area contributed by atoms with Gasteiger partial charge in [0, 0.05) is 6.07 Å². The van der Waals surface area contributed by atoms with Crippen molar-refractivity contribution < 1.29 is 19.1 Å². The largest absolute Gasteiger partial charge is 0.497 e. The summed E-state index contributed by atoms with van der Waals surface area (Å²) in [5.41, 5.74) is 2.30. The van der Waals surface area contributed by atoms with Gasteiger partial charge in [0.1, 0.15) is 11.5 Å². The molecular formula is C19H16ClNO4. The predicted molar refractivity (Wildman–Crippen MR) is 94.9 cm³/mol. The van der Waals surface area contributed by atoms with Crippen molar-refractivity contribution in [2.75, 3.05) is 12.0 Å². The molecule has 0 saturated heterocycles. The number of hydrogen-bond donors (Lipinski definition) is 0. The zero-order chi connectivity index (χ0) is 18.1. The zero-order valence-electron chi connectivity index (χ0n) is 14.0. The Kier molecular flexibility index (Phi) is 4.51. The van der Waals surface area contributed by atoms with Crippen LogP contribution in [0.4, 0.5) is 5.69 Å². The molecule has 0 bridgehead atoms. The zero-order valence-corrected chi connectivity index (χ0v) is 14.8. The molecule has 0 atom stereocenters. The molecule has 0 aromatic heterocycles. The first-order valence-electron chi connectivity index (χ1n) is 7.60. The number of methoxy groups -OCH3 is 1. The van der Waals surface area contributed by atoms with Gasteiger partial charge in [0.25, 0.3) is 5.91 Å². The highest BCUT2D eigenvalue weighted by molar-refractivity contribution is 6.52. The molecule has 128 valence electrons. The molecule has 3 rings (SSSR count). The van der Waals surface area contributed by atoms with E-state index < -0.39 is 11.8 Å². The number of aryl methyl sites for hydroxylation is 1. The maximum Gasteiger partial charge on any atom is 0.302 e. The Labute approximate surface area is 150 Å². The lowest BCUT2D eigenvalue weighted by atomic mass is 10.1. The van der Waals surface area contributed by atoms with Crippen LogP contribution in [0.1, 0.15) is 11.1 Å². The Morgan fingerprint density at radius 2 is 1.64 bits per heavy atom. The Hall–Kier alpha value is -2.79. The summed E-state index contributed by atoms with van der Waals surface area (Å²) in [7, 11) is 1.53. The molecule has 2 aromatic rings. The fraction of sp³-hybridized carbons (Fsp3) is 0.158. The maximum absolute atomic E-state index is 12.8. The molecule has 0 N–H and O–H groups in total. The average molecular weight is 358 g/mol. The van der Waals surface area contributed by atoms with Gasteiger partial charge in [-0.2, -0.15) is 0 Å². The fourth-order valence-corrected chi connectivity index (χ4v) is 2.75. The van der Waals surface area contributed by atoms with E-state index in [1.807, 2.05) is 19.9 Å². The molecule has 2 amide bonds. The minimum absolute atomic E-state index is 0.194. The van der Waals surface area contributed by atoms with Crippen LogP contribution in [0.2, 0.25) is 0 Å². The third-order valence-corrected chi connectivity index (χ3v) is 4.40. The summed E-state index contributed by atoms with van der Waals surface area (Å²) in [5, 5.41) is -0.242. The molecule has 0 unspecified atom stereocenters. The van der Waals surface area contributed by atoms with Crippen molar-refractivity contribution in [2.45, 2.75) is 13.8 Å². The molecule has 1 heterocycles. The molecule has 1 aliphatic heterocycles. The lowest BCUT2D eigenvalue weighted by Crippen LogP contribution is -2.32. The van der Waals surface area contributed by atoms with Gasteiger partial charge in [-0.05, 0) is 43.2 Å². The topological polar surface area (TPSA) is 55.8 Å². The van der Waals surface area contributed by atoms with Crippen molar-refractivity contribution in [1.29, 1.82) is 0 Å². The van der Waals surface area contributed by atoms with Crippen LogP contribution in [0, 0.1) is 13.8 Å². The van der Waals surface area contributed by atoms with Crippen molar-refractivity contribution in [2.24, 2.45) is 0 Å². The molecule has 0 fully saturated rings. The van der Waals surface area contributed by atoms with E-state index in [1.54, 1.807) is 36.4 Å². The van der Waals surface area contributed by atoms with Crippen molar-refractivity contribution in [3.63, 3.8) is 0 Å². The van der Waals surface area contributed by atoms with Crippen LogP contribution in [0.25, 0.3) is 0 Å². The number of benzene rings is 2. The molecule has 0 aliphatic carbocycles. The molecule has 2 aromatic carbocycles. The van der Waals surface area contributed by atoms with Crippen LogP contribution in [0.15, 0.2) is 53.3 Å². The molecule has 1 aliphatic rings. The highest BCUT2D eigenvalue weighted by Gasteiger charge is 2.41. The van der Waals surface area contributed by atoms with Gasteiger partial charge < -0.3 is 9.47 Å². The highest BCUT2D eigenvalue weighted by Crippen LogP contribution is 2.33. The van der Waals surface area contributed by atoms with Crippen LogP contribution < -0.4 is 14.4 Å². The van der Waals surface area contributed by atoms with E-state index in [4.69, 9.17) is 21.1 Å². The van der Waals surface area contributed by atoms with Gasteiger partial charge in [0.2, 0.25) is 5.76 Å². The van der Waals surface area contributed by atoms with Gasteiger partial charge in [0.15, 0.2) is 5.03 Å². The van der Waals surface area contributed by atoms with E-state index in [-0.39, 0.29) is 10.8 Å². The first kappa shape index (κ1) is 17.0. The van der Waals surface area contributed by atoms with Crippen molar-refractivity contribution in [1.82, 2.24) is 0 Å². The molecular weight excluding hydrogens is 342 g/mol. The summed E-state index contributed by atoms with van der Waals surface area (Å²) >= 11 is 6.10. The van der Waals surface area contributed by atoms with Crippen molar-refractivity contribution in [3.05, 3.63) is 64.4 Å². The molecule has 5 nitrogen and oxygen atoms in total. The van der Waals surface area contributed by atoms with Gasteiger partial charge in [0.05, 0.1) is 12.8 Å². The maximum atomic E-state index is 12.8. The molecule has 25 heavy (non-hydrogen) atoms. The third-order valence-electron chi connectivity index (χ3n) is 4.07. The number of hydrogen-bond acceptors (Lipinski definition) is 4. The number of carbonyl (C=O) groups excluding carboxylic acids is 2. The van der Waals surface area contributed by atoms with Crippen LogP contribution in [-0.4, -0.2) is 18.9 Å². The smallest absolute Gasteiger partial charge is 0.302 e. The number of anilines is 1. The van der Waals surface area contributed by atoms with Crippen LogP contribution >= 0.6 is 11.6 Å². The second-order valence-electron chi connectivity index (χ2n) is 5.59. The first-order chi connectivity index (χ1) is 11.9. The van der Waals surface area contributed by atoms with Crippen molar-refractivity contribution in [3.8, 4) is 11.5 Å². The van der Waals surface area contributed by atoms with Crippen molar-refractivity contribution >= 4 is 29.1 Å². The summed E-state index contributed by atoms with van der Waals surface area (Å²) in [4.78, 5) is 26.3. The van der Waals surface area contributed by atoms with Gasteiger partial charge >= 0.3 is 5.91 Å². The lowest BCUT2D eigenvalue weighted by Gasteiger charge is -2.18. The standard InChI is InChI=1S/C19H16ClNO4/c1-11-6-4-9-15(12(11)2)21-18(22)16(20)17(19(21)23)25-14-8-5-7-13(10-14)24-3/h4-10H,1-3H3. The summed E-state index contributed by atoms with van der Waals surface area (Å²) in [5.74, 6) is -0.459. The van der Waals surface area contributed by atoms with E-state index in [0.29, 0.717) is 17.2 Å². The number of ether oxygens (including phenoxy) is 2. The van der Waals surface area contributed by atoms with E-state index in [0.717, 1.165) is 16.0 Å². The number of carbonyl (C=O) groups is 2. The van der Waals surface area contributed by atoms with Gasteiger partial charge in [-0.1, -0.05) is 29.8 Å².